The highest BCUT2D eigenvalue weighted by Gasteiger charge is 2.46. The lowest BCUT2D eigenvalue weighted by molar-refractivity contribution is -0.144. The van der Waals surface area contributed by atoms with Crippen molar-refractivity contribution in [2.24, 2.45) is 13.0 Å². The number of imidazole rings is 1. The highest BCUT2D eigenvalue weighted by Crippen LogP contribution is 2.30. The maximum Gasteiger partial charge on any atom is 0.242 e. The van der Waals surface area contributed by atoms with Gasteiger partial charge in [0.2, 0.25) is 21.8 Å². The molecule has 0 radical (unpaired) electrons. The summed E-state index contributed by atoms with van der Waals surface area (Å²) in [6.07, 6.45) is 7.12. The monoisotopic (exact) mass is 424 g/mol. The first-order valence-corrected chi connectivity index (χ1v) is 11.9. The molecule has 29 heavy (non-hydrogen) atoms. The van der Waals surface area contributed by atoms with Crippen LogP contribution in [0.5, 0.6) is 0 Å². The van der Waals surface area contributed by atoms with Gasteiger partial charge in [0.25, 0.3) is 0 Å². The number of carbonyl (C=O) groups excluding carboxylic acids is 2. The maximum absolute atomic E-state index is 13.3. The third-order valence-electron chi connectivity index (χ3n) is 5.93. The second-order valence-corrected chi connectivity index (χ2v) is 10.2. The largest absolute Gasteiger partial charge is 0.354 e. The Labute approximate surface area is 170 Å². The van der Waals surface area contributed by atoms with Gasteiger partial charge >= 0.3 is 0 Å². The van der Waals surface area contributed by atoms with E-state index in [0.29, 0.717) is 26.1 Å². The highest BCUT2D eigenvalue weighted by atomic mass is 32.2. The minimum absolute atomic E-state index is 0.00917. The van der Waals surface area contributed by atoms with Crippen molar-refractivity contribution in [1.82, 2.24) is 29.4 Å². The number of nitrogens with zero attached hydrogens (tertiary/aromatic N) is 4. The quantitative estimate of drug-likeness (QED) is 0.559. The number of hydrogen-bond acceptors (Lipinski definition) is 6. The van der Waals surface area contributed by atoms with Crippen molar-refractivity contribution in [3.8, 4) is 0 Å². The van der Waals surface area contributed by atoms with Gasteiger partial charge in [0.15, 0.2) is 0 Å². The van der Waals surface area contributed by atoms with Crippen molar-refractivity contribution in [2.75, 3.05) is 25.9 Å². The first-order chi connectivity index (χ1) is 13.7. The summed E-state index contributed by atoms with van der Waals surface area (Å²) < 4.78 is 27.8. The first kappa shape index (κ1) is 20.3. The van der Waals surface area contributed by atoms with Gasteiger partial charge in [-0.15, -0.1) is 0 Å². The van der Waals surface area contributed by atoms with Crippen LogP contribution in [-0.2, 0) is 33.2 Å². The number of aryl methyl sites for hydroxylation is 1. The van der Waals surface area contributed by atoms with Crippen molar-refractivity contribution in [3.05, 3.63) is 18.2 Å². The second-order valence-electron chi connectivity index (χ2n) is 8.39. The van der Waals surface area contributed by atoms with E-state index >= 15 is 0 Å². The third-order valence-corrected chi connectivity index (χ3v) is 6.69. The molecule has 0 spiro atoms. The summed E-state index contributed by atoms with van der Waals surface area (Å²) in [4.78, 5) is 33.6. The van der Waals surface area contributed by atoms with Crippen LogP contribution in [-0.4, -0.2) is 83.6 Å². The summed E-state index contributed by atoms with van der Waals surface area (Å²) in [5.41, 5.74) is 0. The summed E-state index contributed by atoms with van der Waals surface area (Å²) in [7, 11) is -1.43. The number of amides is 2. The van der Waals surface area contributed by atoms with Gasteiger partial charge in [-0.05, 0) is 19.3 Å². The molecule has 3 fully saturated rings. The molecule has 0 aromatic carbocycles. The number of hydrogen-bond donors (Lipinski definition) is 2. The summed E-state index contributed by atoms with van der Waals surface area (Å²) in [6, 6.07) is -0.825. The molecule has 2 saturated heterocycles. The van der Waals surface area contributed by atoms with Gasteiger partial charge in [0.05, 0.1) is 12.8 Å². The predicted molar refractivity (Wildman–Crippen MR) is 105 cm³/mol. The normalized spacial score (nSPS) is 27.9. The summed E-state index contributed by atoms with van der Waals surface area (Å²) in [5, 5.41) is 2.93. The Kier molecular flexibility index (Phi) is 5.38. The van der Waals surface area contributed by atoms with Crippen molar-refractivity contribution in [2.45, 2.75) is 43.9 Å². The number of aromatic nitrogens is 2. The molecule has 1 aromatic rings. The fourth-order valence-corrected chi connectivity index (χ4v) is 5.08. The zero-order chi connectivity index (χ0) is 20.8. The number of nitrogens with one attached hydrogen (secondary N) is 2. The first-order valence-electron chi connectivity index (χ1n) is 9.97. The van der Waals surface area contributed by atoms with Gasteiger partial charge in [0, 0.05) is 57.1 Å². The molecule has 1 saturated carbocycles. The summed E-state index contributed by atoms with van der Waals surface area (Å²) in [6.45, 7) is 1.73. The molecule has 0 bridgehead atoms. The molecule has 2 amide bonds. The Morgan fingerprint density at radius 3 is 2.69 bits per heavy atom. The van der Waals surface area contributed by atoms with Gasteiger partial charge in [-0.2, -0.15) is 0 Å². The van der Waals surface area contributed by atoms with E-state index in [0.717, 1.165) is 24.9 Å². The summed E-state index contributed by atoms with van der Waals surface area (Å²) in [5.74, 6) is 0.868. The lowest BCUT2D eigenvalue weighted by Gasteiger charge is -2.42. The van der Waals surface area contributed by atoms with Crippen LogP contribution in [0.15, 0.2) is 12.4 Å². The molecule has 1 aromatic heterocycles. The van der Waals surface area contributed by atoms with E-state index in [-0.39, 0.29) is 36.4 Å². The SMILES string of the molecule is Cn1ccnc1CN1C[C@@H]2C[C@H](NS(C)(=O)=O)CN2C(=O)[C@@H]1CNC(=O)C1CC1. The molecule has 3 atom stereocenters. The van der Waals surface area contributed by atoms with E-state index in [2.05, 4.69) is 19.9 Å². The maximum atomic E-state index is 13.3. The molecular weight excluding hydrogens is 396 g/mol. The Balaban J connectivity index is 1.50. The lowest BCUT2D eigenvalue weighted by Crippen LogP contribution is -2.62. The van der Waals surface area contributed by atoms with Crippen molar-refractivity contribution in [3.63, 3.8) is 0 Å². The Morgan fingerprint density at radius 1 is 1.31 bits per heavy atom. The molecule has 3 heterocycles. The molecule has 2 aliphatic heterocycles. The van der Waals surface area contributed by atoms with Gasteiger partial charge < -0.3 is 14.8 Å². The zero-order valence-corrected chi connectivity index (χ0v) is 17.6. The van der Waals surface area contributed by atoms with E-state index in [1.807, 2.05) is 17.8 Å². The number of sulfonamides is 1. The van der Waals surface area contributed by atoms with E-state index < -0.39 is 16.1 Å². The molecule has 1 aliphatic carbocycles. The molecule has 11 heteroatoms. The second kappa shape index (κ2) is 7.69. The molecule has 2 N–H and O–H groups in total. The number of fused-ring (bicyclic) bond motifs is 1. The van der Waals surface area contributed by atoms with Crippen LogP contribution in [0, 0.1) is 5.92 Å². The van der Waals surface area contributed by atoms with Crippen LogP contribution in [0.1, 0.15) is 25.1 Å². The minimum Gasteiger partial charge on any atom is -0.354 e. The standard InChI is InChI=1S/C18H28N6O4S/c1-22-6-5-19-16(22)11-23-10-14-7-13(21-29(2,27)28)9-24(14)18(26)15(23)8-20-17(25)12-3-4-12/h5-6,12-15,21H,3-4,7-11H2,1-2H3,(H,20,25)/t13-,14-,15-/m0/s1. The zero-order valence-electron chi connectivity index (χ0n) is 16.7. The number of carbonyl (C=O) groups is 2. The average molecular weight is 425 g/mol. The Morgan fingerprint density at radius 2 is 2.07 bits per heavy atom. The lowest BCUT2D eigenvalue weighted by atomic mass is 10.1. The van der Waals surface area contributed by atoms with Gasteiger partial charge in [-0.25, -0.2) is 18.1 Å². The Hall–Kier alpha value is -1.98. The predicted octanol–water partition coefficient (Wildman–Crippen LogP) is -1.35. The van der Waals surface area contributed by atoms with Crippen LogP contribution in [0.4, 0.5) is 0 Å². The molecule has 160 valence electrons. The Bertz CT molecular complexity index is 896. The number of rotatable bonds is 7. The van der Waals surface area contributed by atoms with E-state index in [9.17, 15) is 18.0 Å². The molecular formula is C18H28N6O4S. The molecule has 10 nitrogen and oxygen atoms in total. The fourth-order valence-electron chi connectivity index (χ4n) is 4.30. The van der Waals surface area contributed by atoms with Gasteiger partial charge in [-0.1, -0.05) is 0 Å². The van der Waals surface area contributed by atoms with Crippen LogP contribution < -0.4 is 10.0 Å². The smallest absolute Gasteiger partial charge is 0.242 e. The topological polar surface area (TPSA) is 117 Å². The van der Waals surface area contributed by atoms with Gasteiger partial charge in [-0.3, -0.25) is 14.5 Å². The van der Waals surface area contributed by atoms with Crippen LogP contribution >= 0.6 is 0 Å². The average Bonchev–Trinajstić information content (AvgIpc) is 3.30. The van der Waals surface area contributed by atoms with Crippen molar-refractivity contribution in [1.29, 1.82) is 0 Å². The van der Waals surface area contributed by atoms with E-state index in [1.165, 1.54) is 0 Å². The van der Waals surface area contributed by atoms with Gasteiger partial charge in [0.1, 0.15) is 11.9 Å². The fraction of sp³-hybridized carbons (Fsp3) is 0.722. The third kappa shape index (κ3) is 4.62. The summed E-state index contributed by atoms with van der Waals surface area (Å²) >= 11 is 0. The minimum atomic E-state index is -3.34. The molecule has 0 unspecified atom stereocenters. The number of piperazine rings is 1. The molecule has 4 rings (SSSR count). The van der Waals surface area contributed by atoms with E-state index in [1.54, 1.807) is 11.1 Å². The van der Waals surface area contributed by atoms with Crippen molar-refractivity contribution >= 4 is 21.8 Å². The van der Waals surface area contributed by atoms with Crippen LogP contribution in [0.25, 0.3) is 0 Å². The van der Waals surface area contributed by atoms with Crippen molar-refractivity contribution < 1.29 is 18.0 Å². The van der Waals surface area contributed by atoms with Crippen LogP contribution in [0.2, 0.25) is 0 Å². The highest BCUT2D eigenvalue weighted by molar-refractivity contribution is 7.88. The molecule has 3 aliphatic rings. The van der Waals surface area contributed by atoms with Crippen LogP contribution in [0.3, 0.4) is 0 Å². The van der Waals surface area contributed by atoms with E-state index in [4.69, 9.17) is 0 Å².